The molecule has 0 N–H and O–H groups in total. The highest BCUT2D eigenvalue weighted by Gasteiger charge is 2.20. The Morgan fingerprint density at radius 3 is 1.57 bits per heavy atom. The molecule has 0 saturated heterocycles. The monoisotopic (exact) mass is 740 g/mol. The van der Waals surface area contributed by atoms with Gasteiger partial charge in [0.25, 0.3) is 0 Å². The number of rotatable bonds is 5. The van der Waals surface area contributed by atoms with Gasteiger partial charge in [-0.05, 0) is 95.1 Å². The number of anilines is 3. The molecule has 4 heteroatoms. The molecule has 0 saturated carbocycles. The van der Waals surface area contributed by atoms with Crippen molar-refractivity contribution in [3.05, 3.63) is 194 Å². The molecule has 13 rings (SSSR count). The van der Waals surface area contributed by atoms with Gasteiger partial charge in [0.05, 0.1) is 16.6 Å². The minimum absolute atomic E-state index is 0.840. The van der Waals surface area contributed by atoms with Crippen molar-refractivity contribution in [2.45, 2.75) is 0 Å². The van der Waals surface area contributed by atoms with Crippen LogP contribution in [0.25, 0.3) is 104 Å². The third-order valence-electron chi connectivity index (χ3n) is 12.1. The number of nitrogens with zero attached hydrogens (tertiary/aromatic N) is 2. The van der Waals surface area contributed by atoms with Crippen LogP contribution in [0.3, 0.4) is 0 Å². The lowest BCUT2D eigenvalue weighted by Gasteiger charge is -2.25. The summed E-state index contributed by atoms with van der Waals surface area (Å²) in [5.74, 6) is 0. The van der Waals surface area contributed by atoms with Crippen LogP contribution < -0.4 is 4.90 Å². The predicted octanol–water partition coefficient (Wildman–Crippen LogP) is 15.4. The van der Waals surface area contributed by atoms with Crippen molar-refractivity contribution in [3.63, 3.8) is 0 Å². The lowest BCUT2D eigenvalue weighted by molar-refractivity contribution is 0.669. The molecule has 0 bridgehead atoms. The van der Waals surface area contributed by atoms with E-state index in [0.717, 1.165) is 66.5 Å². The molecule has 9 aromatic carbocycles. The van der Waals surface area contributed by atoms with Gasteiger partial charge in [-0.15, -0.1) is 0 Å². The Morgan fingerprint density at radius 1 is 0.293 bits per heavy atom. The fraction of sp³-hybridized carbons (Fsp3) is 0. The van der Waals surface area contributed by atoms with Crippen molar-refractivity contribution in [3.8, 4) is 22.3 Å². The topological polar surface area (TPSA) is 33.9 Å². The van der Waals surface area contributed by atoms with Crippen molar-refractivity contribution in [2.75, 3.05) is 4.90 Å². The van der Waals surface area contributed by atoms with Crippen LogP contribution in [0.1, 0.15) is 0 Å². The molecular formula is C54H32N2O2. The van der Waals surface area contributed by atoms with E-state index in [4.69, 9.17) is 8.83 Å². The normalized spacial score (nSPS) is 12.1. The first kappa shape index (κ1) is 31.4. The summed E-state index contributed by atoms with van der Waals surface area (Å²) >= 11 is 0. The summed E-state index contributed by atoms with van der Waals surface area (Å²) in [6, 6.07) is 69.4. The Morgan fingerprint density at radius 2 is 0.793 bits per heavy atom. The number of hydrogen-bond acceptors (Lipinski definition) is 3. The fourth-order valence-electron chi connectivity index (χ4n) is 9.43. The standard InChI is InChI=1S/C54H32N2O2/c1-2-9-33(10-3-1)34-17-21-37(22-18-34)55(38-23-26-43-41-12-5-7-16-50(41)57-52(43)31-38)39-24-27-44-42-25-19-36(30-51(42)58-53(44)32-39)35-20-28-49-47(29-35)46-14-8-13-45-40-11-4-6-15-48(40)56(49)54(45)46/h1-32H. The lowest BCUT2D eigenvalue weighted by atomic mass is 10.0. The van der Waals surface area contributed by atoms with Crippen LogP contribution in [0.4, 0.5) is 17.1 Å². The van der Waals surface area contributed by atoms with Gasteiger partial charge >= 0.3 is 0 Å². The number of aromatic nitrogens is 1. The van der Waals surface area contributed by atoms with E-state index in [9.17, 15) is 0 Å². The van der Waals surface area contributed by atoms with Gasteiger partial charge in [-0.1, -0.05) is 109 Å². The minimum atomic E-state index is 0.840. The van der Waals surface area contributed by atoms with Crippen molar-refractivity contribution in [1.82, 2.24) is 4.40 Å². The maximum Gasteiger partial charge on any atom is 0.137 e. The third kappa shape index (κ3) is 4.51. The molecule has 58 heavy (non-hydrogen) atoms. The first-order valence-electron chi connectivity index (χ1n) is 19.7. The molecule has 0 spiro atoms. The third-order valence-corrected chi connectivity index (χ3v) is 12.1. The molecule has 0 atom stereocenters. The number of fused-ring (bicyclic) bond motifs is 12. The second-order valence-corrected chi connectivity index (χ2v) is 15.3. The Balaban J connectivity index is 0.929. The Hall–Kier alpha value is -7.82. The smallest absolute Gasteiger partial charge is 0.137 e. The van der Waals surface area contributed by atoms with Crippen molar-refractivity contribution in [2.24, 2.45) is 0 Å². The maximum absolute atomic E-state index is 6.74. The Bertz CT molecular complexity index is 3740. The van der Waals surface area contributed by atoms with E-state index < -0.39 is 0 Å². The van der Waals surface area contributed by atoms with Crippen LogP contribution >= 0.6 is 0 Å². The largest absolute Gasteiger partial charge is 0.456 e. The number of furan rings is 2. The molecule has 0 fully saturated rings. The highest BCUT2D eigenvalue weighted by atomic mass is 16.3. The van der Waals surface area contributed by atoms with Crippen LogP contribution in [0, 0.1) is 0 Å². The van der Waals surface area contributed by atoms with Crippen molar-refractivity contribution in [1.29, 1.82) is 0 Å². The highest BCUT2D eigenvalue weighted by molar-refractivity contribution is 6.23. The van der Waals surface area contributed by atoms with E-state index >= 15 is 0 Å². The van der Waals surface area contributed by atoms with Crippen molar-refractivity contribution >= 4 is 99.0 Å². The van der Waals surface area contributed by atoms with Gasteiger partial charge in [0.1, 0.15) is 22.3 Å². The van der Waals surface area contributed by atoms with Gasteiger partial charge in [-0.25, -0.2) is 0 Å². The fourth-order valence-corrected chi connectivity index (χ4v) is 9.43. The molecule has 0 aliphatic rings. The van der Waals surface area contributed by atoms with Crippen LogP contribution in [-0.4, -0.2) is 4.40 Å². The average Bonchev–Trinajstić information content (AvgIpc) is 4.03. The molecule has 13 aromatic rings. The highest BCUT2D eigenvalue weighted by Crippen LogP contribution is 2.43. The van der Waals surface area contributed by atoms with Crippen LogP contribution in [0.2, 0.25) is 0 Å². The first-order chi connectivity index (χ1) is 28.7. The van der Waals surface area contributed by atoms with Gasteiger partial charge in [0.15, 0.2) is 0 Å². The second kappa shape index (κ2) is 11.8. The quantitative estimate of drug-likeness (QED) is 0.176. The molecule has 270 valence electrons. The van der Waals surface area contributed by atoms with E-state index in [1.54, 1.807) is 0 Å². The van der Waals surface area contributed by atoms with Gasteiger partial charge in [0, 0.05) is 72.3 Å². The summed E-state index contributed by atoms with van der Waals surface area (Å²) in [6.07, 6.45) is 0. The zero-order chi connectivity index (χ0) is 37.9. The average molecular weight is 741 g/mol. The molecular weight excluding hydrogens is 709 g/mol. The first-order valence-corrected chi connectivity index (χ1v) is 19.7. The van der Waals surface area contributed by atoms with E-state index in [-0.39, 0.29) is 0 Å². The number of benzene rings is 9. The summed E-state index contributed by atoms with van der Waals surface area (Å²) in [4.78, 5) is 2.28. The summed E-state index contributed by atoms with van der Waals surface area (Å²) in [5, 5.41) is 9.54. The van der Waals surface area contributed by atoms with Gasteiger partial charge in [-0.2, -0.15) is 0 Å². The molecule has 0 aliphatic carbocycles. The van der Waals surface area contributed by atoms with Crippen LogP contribution in [0.15, 0.2) is 203 Å². The Labute approximate surface area is 332 Å². The zero-order valence-corrected chi connectivity index (χ0v) is 31.2. The molecule has 0 unspecified atom stereocenters. The predicted molar refractivity (Wildman–Crippen MR) is 241 cm³/mol. The van der Waals surface area contributed by atoms with Gasteiger partial charge in [-0.3, -0.25) is 0 Å². The number of hydrogen-bond donors (Lipinski definition) is 0. The van der Waals surface area contributed by atoms with Crippen molar-refractivity contribution < 1.29 is 8.83 Å². The summed E-state index contributed by atoms with van der Waals surface area (Å²) in [7, 11) is 0. The molecule has 0 aliphatic heterocycles. The summed E-state index contributed by atoms with van der Waals surface area (Å²) < 4.78 is 15.5. The SMILES string of the molecule is c1ccc(-c2ccc(N(c3ccc4c(c3)oc3ccccc34)c3ccc4c(c3)oc3cc(-c5ccc6c(c5)c5cccc7c8ccccc8n6c75)ccc34)cc2)cc1. The molecule has 4 aromatic heterocycles. The van der Waals surface area contributed by atoms with E-state index in [0.29, 0.717) is 0 Å². The lowest BCUT2D eigenvalue weighted by Crippen LogP contribution is -2.09. The van der Waals surface area contributed by atoms with E-state index in [2.05, 4.69) is 191 Å². The molecule has 4 nitrogen and oxygen atoms in total. The Kier molecular flexibility index (Phi) is 6.41. The number of para-hydroxylation sites is 3. The van der Waals surface area contributed by atoms with Gasteiger partial charge < -0.3 is 18.1 Å². The summed E-state index contributed by atoms with van der Waals surface area (Å²) in [6.45, 7) is 0. The summed E-state index contributed by atoms with van der Waals surface area (Å²) in [5.41, 5.74) is 14.9. The minimum Gasteiger partial charge on any atom is -0.456 e. The maximum atomic E-state index is 6.74. The van der Waals surface area contributed by atoms with Gasteiger partial charge in [0.2, 0.25) is 0 Å². The van der Waals surface area contributed by atoms with Crippen LogP contribution in [-0.2, 0) is 0 Å². The van der Waals surface area contributed by atoms with E-state index in [1.165, 1.54) is 54.8 Å². The molecule has 0 amide bonds. The second-order valence-electron chi connectivity index (χ2n) is 15.3. The molecule has 4 heterocycles. The van der Waals surface area contributed by atoms with Crippen LogP contribution in [0.5, 0.6) is 0 Å². The zero-order valence-electron chi connectivity index (χ0n) is 31.2. The van der Waals surface area contributed by atoms with E-state index in [1.807, 2.05) is 12.1 Å². The molecule has 0 radical (unpaired) electrons.